The lowest BCUT2D eigenvalue weighted by molar-refractivity contribution is -0.113. The Balaban J connectivity index is 1.73. The van der Waals surface area contributed by atoms with Gasteiger partial charge in [0.15, 0.2) is 16.3 Å². The van der Waals surface area contributed by atoms with Crippen molar-refractivity contribution in [3.8, 4) is 11.5 Å². The number of thiazole rings is 1. The first-order chi connectivity index (χ1) is 13.2. The number of amides is 1. The van der Waals surface area contributed by atoms with Crippen LogP contribution in [0.15, 0.2) is 53.5 Å². The first kappa shape index (κ1) is 17.5. The monoisotopic (exact) mass is 380 g/mol. The van der Waals surface area contributed by atoms with E-state index < -0.39 is 0 Å². The lowest BCUT2D eigenvalue weighted by Gasteiger charge is -2.18. The number of benzene rings is 2. The van der Waals surface area contributed by atoms with Gasteiger partial charge in [-0.3, -0.25) is 4.79 Å². The summed E-state index contributed by atoms with van der Waals surface area (Å²) in [7, 11) is 0. The Morgan fingerprint density at radius 2 is 1.93 bits per heavy atom. The maximum absolute atomic E-state index is 12.4. The summed E-state index contributed by atoms with van der Waals surface area (Å²) >= 11 is 1.49. The summed E-state index contributed by atoms with van der Waals surface area (Å²) in [5, 5.41) is 0. The van der Waals surface area contributed by atoms with Crippen molar-refractivity contribution in [2.45, 2.75) is 19.9 Å². The minimum Gasteiger partial charge on any atom is -0.486 e. The standard InChI is InChI=1S/C21H20N2O3S/c1-2-10-23-16-13-17-18(26-12-11-25-17)14-19(16)27-21(23)22-20(24)9-8-15-6-4-3-5-7-15/h3-9,13-14H,2,10-12H2,1H3/b9-8+,22-21?. The first-order valence-corrected chi connectivity index (χ1v) is 9.81. The van der Waals surface area contributed by atoms with Crippen LogP contribution in [0.5, 0.6) is 11.5 Å². The number of ether oxygens (including phenoxy) is 2. The van der Waals surface area contributed by atoms with Gasteiger partial charge in [-0.05, 0) is 18.1 Å². The smallest absolute Gasteiger partial charge is 0.272 e. The number of nitrogens with zero attached hydrogens (tertiary/aromatic N) is 2. The summed E-state index contributed by atoms with van der Waals surface area (Å²) in [6.45, 7) is 4.00. The lowest BCUT2D eigenvalue weighted by atomic mass is 10.2. The molecular weight excluding hydrogens is 360 g/mol. The number of rotatable bonds is 4. The van der Waals surface area contributed by atoms with Crippen LogP contribution in [0.3, 0.4) is 0 Å². The molecule has 0 saturated heterocycles. The average molecular weight is 380 g/mol. The summed E-state index contributed by atoms with van der Waals surface area (Å²) in [5.74, 6) is 1.23. The van der Waals surface area contributed by atoms with Crippen molar-refractivity contribution in [1.82, 2.24) is 4.57 Å². The van der Waals surface area contributed by atoms with Crippen LogP contribution < -0.4 is 14.3 Å². The molecule has 1 aliphatic heterocycles. The highest BCUT2D eigenvalue weighted by atomic mass is 32.1. The van der Waals surface area contributed by atoms with Crippen LogP contribution in [0.4, 0.5) is 0 Å². The van der Waals surface area contributed by atoms with Gasteiger partial charge >= 0.3 is 0 Å². The van der Waals surface area contributed by atoms with E-state index in [9.17, 15) is 4.79 Å². The molecule has 0 fully saturated rings. The molecule has 0 spiro atoms. The van der Waals surface area contributed by atoms with Crippen LogP contribution in [-0.4, -0.2) is 23.7 Å². The molecule has 0 aliphatic carbocycles. The molecule has 0 bridgehead atoms. The molecule has 0 atom stereocenters. The fourth-order valence-electron chi connectivity index (χ4n) is 2.99. The zero-order chi connectivity index (χ0) is 18.6. The largest absolute Gasteiger partial charge is 0.486 e. The van der Waals surface area contributed by atoms with Gasteiger partial charge in [-0.1, -0.05) is 48.6 Å². The van der Waals surface area contributed by atoms with Gasteiger partial charge in [-0.15, -0.1) is 0 Å². The molecule has 4 rings (SSSR count). The molecule has 138 valence electrons. The number of aromatic nitrogens is 1. The van der Waals surface area contributed by atoms with Gasteiger partial charge in [0.25, 0.3) is 5.91 Å². The van der Waals surface area contributed by atoms with E-state index in [0.717, 1.165) is 40.2 Å². The average Bonchev–Trinajstić information content (AvgIpc) is 3.02. The molecule has 5 nitrogen and oxygen atoms in total. The van der Waals surface area contributed by atoms with E-state index in [1.165, 1.54) is 17.4 Å². The molecule has 2 heterocycles. The van der Waals surface area contributed by atoms with Crippen molar-refractivity contribution in [3.63, 3.8) is 0 Å². The van der Waals surface area contributed by atoms with Crippen LogP contribution in [0, 0.1) is 0 Å². The molecule has 3 aromatic rings. The number of carbonyl (C=O) groups excluding carboxylic acids is 1. The van der Waals surface area contributed by atoms with E-state index in [1.54, 1.807) is 6.08 Å². The Kier molecular flexibility index (Phi) is 5.07. The van der Waals surface area contributed by atoms with Crippen LogP contribution in [0.1, 0.15) is 18.9 Å². The maximum atomic E-state index is 12.4. The Bertz CT molecular complexity index is 1060. The third kappa shape index (κ3) is 3.80. The van der Waals surface area contributed by atoms with E-state index in [-0.39, 0.29) is 5.91 Å². The molecule has 1 aromatic heterocycles. The van der Waals surface area contributed by atoms with Crippen LogP contribution in [0.25, 0.3) is 16.3 Å². The van der Waals surface area contributed by atoms with Gasteiger partial charge in [0.05, 0.1) is 10.2 Å². The van der Waals surface area contributed by atoms with Crippen LogP contribution in [-0.2, 0) is 11.3 Å². The van der Waals surface area contributed by atoms with Gasteiger partial charge in [-0.2, -0.15) is 4.99 Å². The molecule has 27 heavy (non-hydrogen) atoms. The van der Waals surface area contributed by atoms with E-state index >= 15 is 0 Å². The molecule has 1 aliphatic rings. The minimum absolute atomic E-state index is 0.271. The molecule has 2 aromatic carbocycles. The molecule has 0 radical (unpaired) electrons. The predicted molar refractivity (Wildman–Crippen MR) is 107 cm³/mol. The molecule has 0 N–H and O–H groups in total. The summed E-state index contributed by atoms with van der Waals surface area (Å²) in [5.41, 5.74) is 1.99. The highest BCUT2D eigenvalue weighted by Gasteiger charge is 2.16. The Morgan fingerprint density at radius 3 is 2.67 bits per heavy atom. The van der Waals surface area contributed by atoms with Crippen molar-refractivity contribution in [2.24, 2.45) is 4.99 Å². The quantitative estimate of drug-likeness (QED) is 0.642. The normalized spacial score (nSPS) is 14.2. The maximum Gasteiger partial charge on any atom is 0.272 e. The third-order valence-electron chi connectivity index (χ3n) is 4.22. The Labute approximate surface area is 161 Å². The van der Waals surface area contributed by atoms with E-state index in [0.29, 0.717) is 18.0 Å². The van der Waals surface area contributed by atoms with Crippen molar-refractivity contribution in [1.29, 1.82) is 0 Å². The third-order valence-corrected chi connectivity index (χ3v) is 5.26. The summed E-state index contributed by atoms with van der Waals surface area (Å²) < 4.78 is 14.5. The summed E-state index contributed by atoms with van der Waals surface area (Å²) in [6, 6.07) is 13.7. The van der Waals surface area contributed by atoms with E-state index in [1.807, 2.05) is 42.5 Å². The lowest BCUT2D eigenvalue weighted by Crippen LogP contribution is -2.17. The highest BCUT2D eigenvalue weighted by Crippen LogP contribution is 2.35. The second-order valence-corrected chi connectivity index (χ2v) is 7.20. The number of hydrogen-bond acceptors (Lipinski definition) is 4. The zero-order valence-electron chi connectivity index (χ0n) is 15.1. The van der Waals surface area contributed by atoms with Crippen molar-refractivity contribution >= 4 is 33.5 Å². The van der Waals surface area contributed by atoms with Gasteiger partial charge in [-0.25, -0.2) is 0 Å². The molecule has 1 amide bonds. The molecule has 0 unspecified atom stereocenters. The second-order valence-electron chi connectivity index (χ2n) is 6.19. The van der Waals surface area contributed by atoms with E-state index in [2.05, 4.69) is 16.5 Å². The second kappa shape index (κ2) is 7.80. The number of hydrogen-bond donors (Lipinski definition) is 0. The Hall–Kier alpha value is -2.86. The van der Waals surface area contributed by atoms with Gasteiger partial charge in [0.2, 0.25) is 0 Å². The molecule has 0 saturated carbocycles. The highest BCUT2D eigenvalue weighted by molar-refractivity contribution is 7.16. The van der Waals surface area contributed by atoms with Gasteiger partial charge in [0, 0.05) is 24.8 Å². The van der Waals surface area contributed by atoms with Crippen molar-refractivity contribution in [2.75, 3.05) is 13.2 Å². The number of carbonyl (C=O) groups is 1. The SMILES string of the molecule is CCCn1c(=NC(=O)/C=C/c2ccccc2)sc2cc3c(cc21)OCCO3. The molecule has 6 heteroatoms. The van der Waals surface area contributed by atoms with Crippen molar-refractivity contribution in [3.05, 3.63) is 58.9 Å². The fraction of sp³-hybridized carbons (Fsp3) is 0.238. The van der Waals surface area contributed by atoms with Gasteiger partial charge < -0.3 is 14.0 Å². The Morgan fingerprint density at radius 1 is 1.19 bits per heavy atom. The van der Waals surface area contributed by atoms with E-state index in [4.69, 9.17) is 9.47 Å². The first-order valence-electron chi connectivity index (χ1n) is 8.99. The molecular formula is C21H20N2O3S. The number of aryl methyl sites for hydroxylation is 1. The van der Waals surface area contributed by atoms with Gasteiger partial charge in [0.1, 0.15) is 13.2 Å². The van der Waals surface area contributed by atoms with Crippen LogP contribution in [0.2, 0.25) is 0 Å². The predicted octanol–water partition coefficient (Wildman–Crippen LogP) is 4.02. The summed E-state index contributed by atoms with van der Waals surface area (Å²) in [6.07, 6.45) is 4.23. The topological polar surface area (TPSA) is 52.8 Å². The minimum atomic E-state index is -0.271. The zero-order valence-corrected chi connectivity index (χ0v) is 15.9. The number of fused-ring (bicyclic) bond motifs is 2. The summed E-state index contributed by atoms with van der Waals surface area (Å²) in [4.78, 5) is 17.4. The van der Waals surface area contributed by atoms with Crippen LogP contribution >= 0.6 is 11.3 Å². The fourth-order valence-corrected chi connectivity index (χ4v) is 4.07. The van der Waals surface area contributed by atoms with Crippen molar-refractivity contribution < 1.29 is 14.3 Å².